The zero-order chi connectivity index (χ0) is 20.0. The van der Waals surface area contributed by atoms with Crippen molar-refractivity contribution in [2.45, 2.75) is 46.2 Å². The van der Waals surface area contributed by atoms with Gasteiger partial charge in [0.2, 0.25) is 0 Å². The van der Waals surface area contributed by atoms with Crippen LogP contribution in [0.1, 0.15) is 39.7 Å². The molecule has 0 aliphatic carbocycles. The van der Waals surface area contributed by atoms with Crippen LogP contribution in [0, 0.1) is 0 Å². The van der Waals surface area contributed by atoms with Crippen LogP contribution in [0.25, 0.3) is 5.57 Å². The molecule has 0 saturated carbocycles. The highest BCUT2D eigenvalue weighted by atomic mass is 35.5. The third-order valence-electron chi connectivity index (χ3n) is 3.63. The molecule has 27 heavy (non-hydrogen) atoms. The van der Waals surface area contributed by atoms with E-state index >= 15 is 0 Å². The van der Waals surface area contributed by atoms with E-state index in [0.29, 0.717) is 34.2 Å². The number of pyridine rings is 2. The molecule has 0 aliphatic heterocycles. The van der Waals surface area contributed by atoms with Crippen molar-refractivity contribution < 1.29 is 0 Å². The molecular formula is C20H26ClN5O. The normalized spacial score (nSPS) is 12.6. The largest absolute Gasteiger partial charge is 0.404 e. The Labute approximate surface area is 164 Å². The smallest absolute Gasteiger partial charge is 0.250 e. The second-order valence-corrected chi connectivity index (χ2v) is 7.63. The van der Waals surface area contributed by atoms with Crippen molar-refractivity contribution in [2.75, 3.05) is 5.32 Å². The van der Waals surface area contributed by atoms with E-state index in [9.17, 15) is 4.79 Å². The minimum absolute atomic E-state index is 0.0421. The molecule has 2 heterocycles. The van der Waals surface area contributed by atoms with Crippen LogP contribution in [0.3, 0.4) is 0 Å². The van der Waals surface area contributed by atoms with E-state index in [1.807, 2.05) is 27.7 Å². The number of aryl methyl sites for hydroxylation is 1. The van der Waals surface area contributed by atoms with E-state index in [-0.39, 0.29) is 11.1 Å². The number of nitrogens with zero attached hydrogens (tertiary/aromatic N) is 3. The van der Waals surface area contributed by atoms with Gasteiger partial charge in [0, 0.05) is 54.1 Å². The maximum absolute atomic E-state index is 11.8. The Morgan fingerprint density at radius 2 is 2.15 bits per heavy atom. The molecule has 0 bridgehead atoms. The van der Waals surface area contributed by atoms with Crippen molar-refractivity contribution in [3.8, 4) is 0 Å². The number of aliphatic imine (C=N–C) groups is 1. The van der Waals surface area contributed by atoms with Gasteiger partial charge in [0.25, 0.3) is 5.56 Å². The zero-order valence-corrected chi connectivity index (χ0v) is 16.9. The van der Waals surface area contributed by atoms with Crippen LogP contribution in [0.2, 0.25) is 5.02 Å². The highest BCUT2D eigenvalue weighted by molar-refractivity contribution is 6.34. The molecule has 144 valence electrons. The number of halogens is 1. The SMILES string of the molecule is CCCn1cc(N=CC(=CN)c2cnc(NC(C)(C)C)cc2Cl)ccc1=O. The van der Waals surface area contributed by atoms with Crippen molar-refractivity contribution in [3.63, 3.8) is 0 Å². The molecule has 0 aromatic carbocycles. The quantitative estimate of drug-likeness (QED) is 0.726. The highest BCUT2D eigenvalue weighted by Gasteiger charge is 2.12. The second kappa shape index (κ2) is 8.86. The molecule has 2 rings (SSSR count). The van der Waals surface area contributed by atoms with E-state index in [1.54, 1.807) is 35.3 Å². The van der Waals surface area contributed by atoms with Crippen molar-refractivity contribution in [3.05, 3.63) is 57.7 Å². The first kappa shape index (κ1) is 20.7. The van der Waals surface area contributed by atoms with Gasteiger partial charge < -0.3 is 15.6 Å². The van der Waals surface area contributed by atoms with Crippen molar-refractivity contribution in [2.24, 2.45) is 10.7 Å². The monoisotopic (exact) mass is 387 g/mol. The van der Waals surface area contributed by atoms with Gasteiger partial charge in [-0.25, -0.2) is 4.98 Å². The van der Waals surface area contributed by atoms with Gasteiger partial charge in [-0.3, -0.25) is 9.79 Å². The van der Waals surface area contributed by atoms with Crippen LogP contribution in [0.5, 0.6) is 0 Å². The lowest BCUT2D eigenvalue weighted by Gasteiger charge is -2.21. The first-order valence-corrected chi connectivity index (χ1v) is 9.22. The van der Waals surface area contributed by atoms with Crippen LogP contribution in [0.15, 0.2) is 46.6 Å². The molecule has 7 heteroatoms. The molecule has 0 saturated heterocycles. The molecule has 0 aliphatic rings. The number of nitrogens with one attached hydrogen (secondary N) is 1. The third kappa shape index (κ3) is 5.96. The van der Waals surface area contributed by atoms with Gasteiger partial charge >= 0.3 is 0 Å². The lowest BCUT2D eigenvalue weighted by atomic mass is 10.1. The minimum atomic E-state index is -0.118. The molecule has 2 aromatic rings. The van der Waals surface area contributed by atoms with Gasteiger partial charge in [-0.15, -0.1) is 0 Å². The molecule has 0 radical (unpaired) electrons. The van der Waals surface area contributed by atoms with Crippen LogP contribution in [-0.4, -0.2) is 21.3 Å². The predicted octanol–water partition coefficient (Wildman–Crippen LogP) is 4.22. The van der Waals surface area contributed by atoms with Crippen LogP contribution in [0.4, 0.5) is 11.5 Å². The molecule has 2 aromatic heterocycles. The topological polar surface area (TPSA) is 85.3 Å². The van der Waals surface area contributed by atoms with Crippen LogP contribution in [-0.2, 0) is 6.54 Å². The van der Waals surface area contributed by atoms with E-state index in [2.05, 4.69) is 15.3 Å². The average molecular weight is 388 g/mol. The predicted molar refractivity (Wildman–Crippen MR) is 114 cm³/mol. The van der Waals surface area contributed by atoms with Crippen LogP contribution >= 0.6 is 11.6 Å². The molecule has 0 spiro atoms. The number of nitrogens with two attached hydrogens (primary N) is 1. The fourth-order valence-corrected chi connectivity index (χ4v) is 2.71. The van der Waals surface area contributed by atoms with Gasteiger partial charge in [0.1, 0.15) is 5.82 Å². The third-order valence-corrected chi connectivity index (χ3v) is 3.94. The average Bonchev–Trinajstić information content (AvgIpc) is 2.58. The molecule has 0 unspecified atom stereocenters. The lowest BCUT2D eigenvalue weighted by Crippen LogP contribution is -2.26. The van der Waals surface area contributed by atoms with Gasteiger partial charge in [-0.05, 0) is 39.3 Å². The number of anilines is 1. The van der Waals surface area contributed by atoms with Crippen molar-refractivity contribution >= 4 is 34.9 Å². The summed E-state index contributed by atoms with van der Waals surface area (Å²) in [4.78, 5) is 20.6. The highest BCUT2D eigenvalue weighted by Crippen LogP contribution is 2.26. The molecule has 6 nitrogen and oxygen atoms in total. The maximum atomic E-state index is 11.8. The van der Waals surface area contributed by atoms with E-state index in [1.165, 1.54) is 12.3 Å². The summed E-state index contributed by atoms with van der Waals surface area (Å²) in [6.45, 7) is 8.82. The van der Waals surface area contributed by atoms with Crippen LogP contribution < -0.4 is 16.6 Å². The van der Waals surface area contributed by atoms with Gasteiger partial charge in [-0.1, -0.05) is 18.5 Å². The summed E-state index contributed by atoms with van der Waals surface area (Å²) >= 11 is 6.42. The first-order valence-electron chi connectivity index (χ1n) is 8.84. The second-order valence-electron chi connectivity index (χ2n) is 7.22. The Balaban J connectivity index is 2.26. The first-order chi connectivity index (χ1) is 12.7. The van der Waals surface area contributed by atoms with Gasteiger partial charge in [-0.2, -0.15) is 0 Å². The summed E-state index contributed by atoms with van der Waals surface area (Å²) < 4.78 is 1.64. The number of rotatable bonds is 6. The molecule has 0 atom stereocenters. The van der Waals surface area contributed by atoms with Crippen molar-refractivity contribution in [1.82, 2.24) is 9.55 Å². The summed E-state index contributed by atoms with van der Waals surface area (Å²) in [5.41, 5.74) is 7.60. The summed E-state index contributed by atoms with van der Waals surface area (Å²) in [6.07, 6.45) is 7.32. The van der Waals surface area contributed by atoms with E-state index < -0.39 is 0 Å². The molecular weight excluding hydrogens is 362 g/mol. The minimum Gasteiger partial charge on any atom is -0.404 e. The van der Waals surface area contributed by atoms with Crippen molar-refractivity contribution in [1.29, 1.82) is 0 Å². The fourth-order valence-electron chi connectivity index (χ4n) is 2.45. The Hall–Kier alpha value is -2.60. The number of aromatic nitrogens is 2. The summed E-state index contributed by atoms with van der Waals surface area (Å²) in [7, 11) is 0. The fraction of sp³-hybridized carbons (Fsp3) is 0.350. The van der Waals surface area contributed by atoms with E-state index in [0.717, 1.165) is 6.42 Å². The standard InChI is InChI=1S/C20H26ClN5O/c1-5-8-26-13-15(6-7-19(26)27)23-11-14(10-22)16-12-24-18(9-17(16)21)25-20(2,3)4/h6-7,9-13H,5,8,22H2,1-4H3,(H,24,25). The van der Waals surface area contributed by atoms with E-state index in [4.69, 9.17) is 17.3 Å². The maximum Gasteiger partial charge on any atom is 0.250 e. The molecule has 3 N–H and O–H groups in total. The van der Waals surface area contributed by atoms with Gasteiger partial charge in [0.05, 0.1) is 10.7 Å². The number of allylic oxidation sites excluding steroid dienone is 1. The van der Waals surface area contributed by atoms with Gasteiger partial charge in [0.15, 0.2) is 0 Å². The Morgan fingerprint density at radius 3 is 2.74 bits per heavy atom. The number of hydrogen-bond donors (Lipinski definition) is 2. The summed E-state index contributed by atoms with van der Waals surface area (Å²) in [5, 5.41) is 3.80. The lowest BCUT2D eigenvalue weighted by molar-refractivity contribution is 0.630. The summed E-state index contributed by atoms with van der Waals surface area (Å²) in [5.74, 6) is 0.691. The summed E-state index contributed by atoms with van der Waals surface area (Å²) in [6, 6.07) is 4.95. The zero-order valence-electron chi connectivity index (χ0n) is 16.2. The number of hydrogen-bond acceptors (Lipinski definition) is 5. The Bertz CT molecular complexity index is 909. The Morgan fingerprint density at radius 1 is 1.41 bits per heavy atom. The molecule has 0 fully saturated rings. The molecule has 0 amide bonds. The Kier molecular flexibility index (Phi) is 6.80.